The first-order valence-corrected chi connectivity index (χ1v) is 7.32. The van der Waals surface area contributed by atoms with Crippen LogP contribution in [0, 0.1) is 6.92 Å². The molecule has 0 aliphatic rings. The third-order valence-electron chi connectivity index (χ3n) is 2.62. The number of hydrogen-bond donors (Lipinski definition) is 1. The number of thioether (sulfide) groups is 1. The molecule has 0 aliphatic carbocycles. The van der Waals surface area contributed by atoms with Gasteiger partial charge in [0.25, 0.3) is 0 Å². The molecule has 0 aromatic carbocycles. The van der Waals surface area contributed by atoms with Crippen LogP contribution in [0.5, 0.6) is 0 Å². The summed E-state index contributed by atoms with van der Waals surface area (Å²) in [6.45, 7) is 5.86. The number of rotatable bonds is 7. The largest absolute Gasteiger partial charge is 0.478 e. The van der Waals surface area contributed by atoms with Gasteiger partial charge in [-0.15, -0.1) is 11.8 Å². The van der Waals surface area contributed by atoms with Crippen LogP contribution in [-0.2, 0) is 6.42 Å². The summed E-state index contributed by atoms with van der Waals surface area (Å²) < 4.78 is 0. The maximum atomic E-state index is 11.2. The van der Waals surface area contributed by atoms with Crippen LogP contribution in [0.2, 0.25) is 0 Å². The Morgan fingerprint density at radius 1 is 1.28 bits per heavy atom. The third kappa shape index (κ3) is 3.98. The number of aromatic carboxylic acids is 1. The van der Waals surface area contributed by atoms with E-state index in [1.165, 1.54) is 18.2 Å². The van der Waals surface area contributed by atoms with Gasteiger partial charge in [0.1, 0.15) is 16.4 Å². The first-order chi connectivity index (χ1) is 8.60. The van der Waals surface area contributed by atoms with E-state index < -0.39 is 5.97 Å². The summed E-state index contributed by atoms with van der Waals surface area (Å²) in [4.78, 5) is 19.8. The predicted octanol–water partition coefficient (Wildman–Crippen LogP) is 3.33. The van der Waals surface area contributed by atoms with Crippen molar-refractivity contribution in [3.05, 3.63) is 17.1 Å². The topological polar surface area (TPSA) is 63.1 Å². The molecule has 1 heterocycles. The standard InChI is InChI=1S/C13H20N2O2S/c1-4-6-7-8-18-12-11(13(16)17)9(3)14-10(5-2)15-12/h4-8H2,1-3H3,(H,16,17). The second-order valence-corrected chi connectivity index (χ2v) is 5.20. The van der Waals surface area contributed by atoms with Gasteiger partial charge in [-0.25, -0.2) is 14.8 Å². The minimum absolute atomic E-state index is 0.258. The van der Waals surface area contributed by atoms with Crippen molar-refractivity contribution in [2.75, 3.05) is 5.75 Å². The van der Waals surface area contributed by atoms with Crippen LogP contribution in [0.4, 0.5) is 0 Å². The molecular formula is C13H20N2O2S. The lowest BCUT2D eigenvalue weighted by Gasteiger charge is -2.09. The highest BCUT2D eigenvalue weighted by Gasteiger charge is 2.17. The van der Waals surface area contributed by atoms with E-state index in [0.717, 1.165) is 30.8 Å². The van der Waals surface area contributed by atoms with Gasteiger partial charge in [0.15, 0.2) is 0 Å². The number of aryl methyl sites for hydroxylation is 2. The number of unbranched alkanes of at least 4 members (excludes halogenated alkanes) is 2. The summed E-state index contributed by atoms with van der Waals surface area (Å²) in [6.07, 6.45) is 4.14. The van der Waals surface area contributed by atoms with Crippen LogP contribution in [0.15, 0.2) is 5.03 Å². The Kier molecular flexibility index (Phi) is 6.12. The molecule has 1 N–H and O–H groups in total. The maximum absolute atomic E-state index is 11.2. The van der Waals surface area contributed by atoms with Crippen LogP contribution in [-0.4, -0.2) is 26.8 Å². The number of carbonyl (C=O) groups is 1. The molecule has 1 aromatic rings. The average Bonchev–Trinajstić information content (AvgIpc) is 2.33. The summed E-state index contributed by atoms with van der Waals surface area (Å²) in [5.41, 5.74) is 0.820. The molecule has 0 aliphatic heterocycles. The molecule has 0 unspecified atom stereocenters. The second kappa shape index (κ2) is 7.36. The highest BCUT2D eigenvalue weighted by Crippen LogP contribution is 2.24. The Balaban J connectivity index is 2.91. The molecule has 1 aromatic heterocycles. The van der Waals surface area contributed by atoms with E-state index in [0.29, 0.717) is 10.7 Å². The molecule has 0 saturated heterocycles. The van der Waals surface area contributed by atoms with E-state index in [-0.39, 0.29) is 5.56 Å². The molecule has 0 atom stereocenters. The van der Waals surface area contributed by atoms with Crippen molar-refractivity contribution < 1.29 is 9.90 Å². The Morgan fingerprint density at radius 2 is 2.00 bits per heavy atom. The van der Waals surface area contributed by atoms with Crippen molar-refractivity contribution in [3.8, 4) is 0 Å². The lowest BCUT2D eigenvalue weighted by atomic mass is 10.2. The molecular weight excluding hydrogens is 248 g/mol. The van der Waals surface area contributed by atoms with Gasteiger partial charge in [-0.1, -0.05) is 26.7 Å². The average molecular weight is 268 g/mol. The van der Waals surface area contributed by atoms with Crippen molar-refractivity contribution in [2.24, 2.45) is 0 Å². The number of nitrogens with zero attached hydrogens (tertiary/aromatic N) is 2. The quantitative estimate of drug-likeness (QED) is 0.467. The number of carboxylic acids is 1. The third-order valence-corrected chi connectivity index (χ3v) is 3.68. The highest BCUT2D eigenvalue weighted by molar-refractivity contribution is 7.99. The van der Waals surface area contributed by atoms with Gasteiger partial charge in [0.2, 0.25) is 0 Å². The fourth-order valence-corrected chi connectivity index (χ4v) is 2.72. The van der Waals surface area contributed by atoms with Crippen LogP contribution >= 0.6 is 11.8 Å². The van der Waals surface area contributed by atoms with Crippen LogP contribution < -0.4 is 0 Å². The fraction of sp³-hybridized carbons (Fsp3) is 0.615. The normalized spacial score (nSPS) is 10.6. The van der Waals surface area contributed by atoms with Crippen molar-refractivity contribution >= 4 is 17.7 Å². The Hall–Kier alpha value is -1.10. The van der Waals surface area contributed by atoms with Crippen LogP contribution in [0.1, 0.15) is 55.0 Å². The summed E-state index contributed by atoms with van der Waals surface area (Å²) >= 11 is 1.53. The summed E-state index contributed by atoms with van der Waals surface area (Å²) in [6, 6.07) is 0. The van der Waals surface area contributed by atoms with E-state index in [2.05, 4.69) is 16.9 Å². The SMILES string of the molecule is CCCCCSc1nc(CC)nc(C)c1C(=O)O. The molecule has 0 fully saturated rings. The molecule has 1 rings (SSSR count). The van der Waals surface area contributed by atoms with E-state index in [4.69, 9.17) is 0 Å². The summed E-state index contributed by atoms with van der Waals surface area (Å²) in [5, 5.41) is 9.83. The maximum Gasteiger partial charge on any atom is 0.340 e. The van der Waals surface area contributed by atoms with E-state index in [1.54, 1.807) is 6.92 Å². The zero-order valence-corrected chi connectivity index (χ0v) is 12.0. The van der Waals surface area contributed by atoms with Crippen LogP contribution in [0.25, 0.3) is 0 Å². The Morgan fingerprint density at radius 3 is 2.56 bits per heavy atom. The first-order valence-electron chi connectivity index (χ1n) is 6.33. The molecule has 5 heteroatoms. The number of hydrogen-bond acceptors (Lipinski definition) is 4. The smallest absolute Gasteiger partial charge is 0.340 e. The van der Waals surface area contributed by atoms with E-state index >= 15 is 0 Å². The van der Waals surface area contributed by atoms with Gasteiger partial charge < -0.3 is 5.11 Å². The van der Waals surface area contributed by atoms with Gasteiger partial charge in [-0.3, -0.25) is 0 Å². The lowest BCUT2D eigenvalue weighted by molar-refractivity contribution is 0.0690. The molecule has 0 radical (unpaired) electrons. The predicted molar refractivity (Wildman–Crippen MR) is 73.4 cm³/mol. The van der Waals surface area contributed by atoms with Gasteiger partial charge in [-0.05, 0) is 19.1 Å². The molecule has 0 saturated carbocycles. The molecule has 100 valence electrons. The van der Waals surface area contributed by atoms with Gasteiger partial charge in [-0.2, -0.15) is 0 Å². The van der Waals surface area contributed by atoms with Crippen LogP contribution in [0.3, 0.4) is 0 Å². The zero-order chi connectivity index (χ0) is 13.5. The molecule has 4 nitrogen and oxygen atoms in total. The number of carboxylic acid groups (broad SMARTS) is 1. The van der Waals surface area contributed by atoms with Gasteiger partial charge >= 0.3 is 5.97 Å². The van der Waals surface area contributed by atoms with Gasteiger partial charge in [0.05, 0.1) is 5.69 Å². The minimum atomic E-state index is -0.937. The highest BCUT2D eigenvalue weighted by atomic mass is 32.2. The van der Waals surface area contributed by atoms with Crippen molar-refractivity contribution in [1.82, 2.24) is 9.97 Å². The monoisotopic (exact) mass is 268 g/mol. The van der Waals surface area contributed by atoms with E-state index in [9.17, 15) is 9.90 Å². The zero-order valence-electron chi connectivity index (χ0n) is 11.2. The second-order valence-electron chi connectivity index (χ2n) is 4.12. The van der Waals surface area contributed by atoms with Gasteiger partial charge in [0, 0.05) is 6.42 Å². The Bertz CT molecular complexity index is 422. The lowest BCUT2D eigenvalue weighted by Crippen LogP contribution is -2.09. The Labute approximate surface area is 112 Å². The van der Waals surface area contributed by atoms with Crippen molar-refractivity contribution in [1.29, 1.82) is 0 Å². The molecule has 18 heavy (non-hydrogen) atoms. The van der Waals surface area contributed by atoms with E-state index in [1.807, 2.05) is 6.92 Å². The summed E-state index contributed by atoms with van der Waals surface area (Å²) in [7, 11) is 0. The van der Waals surface area contributed by atoms with Crippen molar-refractivity contribution in [2.45, 2.75) is 51.5 Å². The fourth-order valence-electron chi connectivity index (χ4n) is 1.63. The minimum Gasteiger partial charge on any atom is -0.478 e. The molecule has 0 amide bonds. The van der Waals surface area contributed by atoms with Crippen molar-refractivity contribution in [3.63, 3.8) is 0 Å². The first kappa shape index (κ1) is 15.0. The molecule has 0 spiro atoms. The summed E-state index contributed by atoms with van der Waals surface area (Å²) in [5.74, 6) is 0.692. The number of aromatic nitrogens is 2. The molecule has 0 bridgehead atoms.